The molecule has 0 aromatic heterocycles. The summed E-state index contributed by atoms with van der Waals surface area (Å²) < 4.78 is 21.7. The van der Waals surface area contributed by atoms with E-state index < -0.39 is 0 Å². The number of carbonyl (C=O) groups excluding carboxylic acids is 1. The van der Waals surface area contributed by atoms with Gasteiger partial charge in [0.05, 0.1) is 38.4 Å². The average Bonchev–Trinajstić information content (AvgIpc) is 2.94. The van der Waals surface area contributed by atoms with E-state index in [1.54, 1.807) is 0 Å². The minimum atomic E-state index is -0.372. The third kappa shape index (κ3) is 5.40. The maximum absolute atomic E-state index is 11.5. The van der Waals surface area contributed by atoms with Crippen molar-refractivity contribution in [3.63, 3.8) is 0 Å². The van der Waals surface area contributed by atoms with Crippen LogP contribution in [-0.2, 0) is 30.3 Å². The lowest BCUT2D eigenvalue weighted by molar-refractivity contribution is -0.178. The van der Waals surface area contributed by atoms with Gasteiger partial charge in [0.25, 0.3) is 0 Å². The second kappa shape index (κ2) is 8.88. The normalized spacial score (nSPS) is 20.6. The molecule has 22 heavy (non-hydrogen) atoms. The summed E-state index contributed by atoms with van der Waals surface area (Å²) in [4.78, 5) is 11.5. The zero-order valence-corrected chi connectivity index (χ0v) is 13.2. The SMILES string of the molecule is CC(OCCOCc1ccccc1)O[C@H](C)[C@@H]1CCOC1=O. The second-order valence-electron chi connectivity index (χ2n) is 5.38. The number of esters is 1. The molecule has 1 aliphatic rings. The summed E-state index contributed by atoms with van der Waals surface area (Å²) in [5, 5.41) is 0. The van der Waals surface area contributed by atoms with Crippen LogP contribution in [0.3, 0.4) is 0 Å². The van der Waals surface area contributed by atoms with Crippen LogP contribution in [0.5, 0.6) is 0 Å². The zero-order valence-electron chi connectivity index (χ0n) is 13.2. The van der Waals surface area contributed by atoms with Crippen LogP contribution >= 0.6 is 0 Å². The quantitative estimate of drug-likeness (QED) is 0.399. The van der Waals surface area contributed by atoms with Crippen molar-refractivity contribution in [2.45, 2.75) is 39.3 Å². The smallest absolute Gasteiger partial charge is 0.311 e. The Labute approximate surface area is 131 Å². The summed E-state index contributed by atoms with van der Waals surface area (Å²) in [6.45, 7) is 5.72. The van der Waals surface area contributed by atoms with Crippen molar-refractivity contribution >= 4 is 5.97 Å². The molecular weight excluding hydrogens is 284 g/mol. The third-order valence-electron chi connectivity index (χ3n) is 3.64. The van der Waals surface area contributed by atoms with Crippen molar-refractivity contribution in [2.75, 3.05) is 19.8 Å². The minimum Gasteiger partial charge on any atom is -0.465 e. The van der Waals surface area contributed by atoms with Crippen LogP contribution in [0.15, 0.2) is 30.3 Å². The predicted octanol–water partition coefficient (Wildman–Crippen LogP) is 2.53. The number of carbonyl (C=O) groups is 1. The van der Waals surface area contributed by atoms with E-state index in [4.69, 9.17) is 18.9 Å². The molecular formula is C17H24O5. The average molecular weight is 308 g/mol. The van der Waals surface area contributed by atoms with Gasteiger partial charge in [-0.15, -0.1) is 0 Å². The number of cyclic esters (lactones) is 1. The van der Waals surface area contributed by atoms with Crippen molar-refractivity contribution in [1.29, 1.82) is 0 Å². The molecule has 1 fully saturated rings. The van der Waals surface area contributed by atoms with E-state index in [1.165, 1.54) is 0 Å². The zero-order chi connectivity index (χ0) is 15.8. The number of hydrogen-bond acceptors (Lipinski definition) is 5. The Balaban J connectivity index is 1.55. The van der Waals surface area contributed by atoms with Gasteiger partial charge in [-0.05, 0) is 25.8 Å². The Hall–Kier alpha value is -1.43. The van der Waals surface area contributed by atoms with Gasteiger partial charge >= 0.3 is 5.97 Å². The highest BCUT2D eigenvalue weighted by molar-refractivity contribution is 5.74. The first-order valence-corrected chi connectivity index (χ1v) is 7.72. The van der Waals surface area contributed by atoms with E-state index in [2.05, 4.69) is 0 Å². The molecule has 3 atom stereocenters. The summed E-state index contributed by atoms with van der Waals surface area (Å²) in [5.41, 5.74) is 1.14. The molecule has 1 unspecified atom stereocenters. The van der Waals surface area contributed by atoms with Crippen LogP contribution in [-0.4, -0.2) is 38.2 Å². The Morgan fingerprint density at radius 1 is 1.23 bits per heavy atom. The van der Waals surface area contributed by atoms with E-state index in [0.717, 1.165) is 5.56 Å². The van der Waals surface area contributed by atoms with Crippen LogP contribution < -0.4 is 0 Å². The first kappa shape index (κ1) is 16.9. The molecule has 1 saturated heterocycles. The van der Waals surface area contributed by atoms with E-state index in [9.17, 15) is 4.79 Å². The van der Waals surface area contributed by atoms with Crippen molar-refractivity contribution in [3.05, 3.63) is 35.9 Å². The minimum absolute atomic E-state index is 0.175. The molecule has 0 aliphatic carbocycles. The lowest BCUT2D eigenvalue weighted by Crippen LogP contribution is -2.30. The highest BCUT2D eigenvalue weighted by atomic mass is 16.7. The Morgan fingerprint density at radius 2 is 2.00 bits per heavy atom. The molecule has 1 aliphatic heterocycles. The Bertz CT molecular complexity index is 448. The first-order valence-electron chi connectivity index (χ1n) is 7.72. The molecule has 0 saturated carbocycles. The van der Waals surface area contributed by atoms with Crippen molar-refractivity contribution in [2.24, 2.45) is 5.92 Å². The van der Waals surface area contributed by atoms with E-state index in [-0.39, 0.29) is 24.3 Å². The number of rotatable bonds is 9. The summed E-state index contributed by atoms with van der Waals surface area (Å²) in [6.07, 6.45) is 0.145. The van der Waals surface area contributed by atoms with Gasteiger partial charge in [0.1, 0.15) is 0 Å². The second-order valence-corrected chi connectivity index (χ2v) is 5.38. The molecule has 0 N–H and O–H groups in total. The summed E-state index contributed by atoms with van der Waals surface area (Å²) in [7, 11) is 0. The predicted molar refractivity (Wildman–Crippen MR) is 81.1 cm³/mol. The fourth-order valence-electron chi connectivity index (χ4n) is 2.41. The van der Waals surface area contributed by atoms with Crippen LogP contribution in [0, 0.1) is 5.92 Å². The molecule has 2 rings (SSSR count). The monoisotopic (exact) mass is 308 g/mol. The van der Waals surface area contributed by atoms with E-state index in [1.807, 2.05) is 44.2 Å². The molecule has 5 heteroatoms. The lowest BCUT2D eigenvalue weighted by atomic mass is 10.0. The number of ether oxygens (including phenoxy) is 4. The van der Waals surface area contributed by atoms with Gasteiger partial charge in [-0.2, -0.15) is 0 Å². The maximum Gasteiger partial charge on any atom is 0.311 e. The van der Waals surface area contributed by atoms with Crippen molar-refractivity contribution in [3.8, 4) is 0 Å². The van der Waals surface area contributed by atoms with Gasteiger partial charge in [0, 0.05) is 0 Å². The van der Waals surface area contributed by atoms with Gasteiger partial charge in [0.15, 0.2) is 6.29 Å². The maximum atomic E-state index is 11.5. The van der Waals surface area contributed by atoms with Gasteiger partial charge in [0.2, 0.25) is 0 Å². The van der Waals surface area contributed by atoms with E-state index >= 15 is 0 Å². The van der Waals surface area contributed by atoms with Crippen LogP contribution in [0.4, 0.5) is 0 Å². The fourth-order valence-corrected chi connectivity index (χ4v) is 2.41. The summed E-state index contributed by atoms with van der Waals surface area (Å²) >= 11 is 0. The molecule has 0 spiro atoms. The third-order valence-corrected chi connectivity index (χ3v) is 3.64. The van der Waals surface area contributed by atoms with Gasteiger partial charge < -0.3 is 18.9 Å². The Morgan fingerprint density at radius 3 is 2.68 bits per heavy atom. The van der Waals surface area contributed by atoms with Crippen molar-refractivity contribution < 1.29 is 23.7 Å². The highest BCUT2D eigenvalue weighted by Gasteiger charge is 2.33. The number of hydrogen-bond donors (Lipinski definition) is 0. The molecule has 1 aromatic carbocycles. The molecule has 5 nitrogen and oxygen atoms in total. The van der Waals surface area contributed by atoms with Gasteiger partial charge in [-0.25, -0.2) is 0 Å². The number of benzene rings is 1. The highest BCUT2D eigenvalue weighted by Crippen LogP contribution is 2.21. The molecule has 0 bridgehead atoms. The van der Waals surface area contributed by atoms with Crippen LogP contribution in [0.1, 0.15) is 25.8 Å². The Kier molecular flexibility index (Phi) is 6.83. The van der Waals surface area contributed by atoms with Gasteiger partial charge in [-0.3, -0.25) is 4.79 Å². The van der Waals surface area contributed by atoms with E-state index in [0.29, 0.717) is 32.8 Å². The van der Waals surface area contributed by atoms with Gasteiger partial charge in [-0.1, -0.05) is 30.3 Å². The topological polar surface area (TPSA) is 54.0 Å². The standard InChI is InChI=1S/C17H24O5/c1-13(16-8-9-21-17(16)18)22-14(2)20-11-10-19-12-15-6-4-3-5-7-15/h3-7,13-14,16H,8-12H2,1-2H3/t13-,14?,16+/m1/s1. The fraction of sp³-hybridized carbons (Fsp3) is 0.588. The molecule has 0 radical (unpaired) electrons. The van der Waals surface area contributed by atoms with Crippen molar-refractivity contribution in [1.82, 2.24) is 0 Å². The first-order chi connectivity index (χ1) is 10.7. The lowest BCUT2D eigenvalue weighted by Gasteiger charge is -2.22. The summed E-state index contributed by atoms with van der Waals surface area (Å²) in [5.74, 6) is -0.355. The largest absolute Gasteiger partial charge is 0.465 e. The van der Waals surface area contributed by atoms with Crippen LogP contribution in [0.2, 0.25) is 0 Å². The van der Waals surface area contributed by atoms with Crippen LogP contribution in [0.25, 0.3) is 0 Å². The molecule has 122 valence electrons. The molecule has 1 aromatic rings. The summed E-state index contributed by atoms with van der Waals surface area (Å²) in [6, 6.07) is 10.00. The molecule has 1 heterocycles. The molecule has 0 amide bonds.